The van der Waals surface area contributed by atoms with Gasteiger partial charge in [-0.1, -0.05) is 6.92 Å². The van der Waals surface area contributed by atoms with Crippen molar-refractivity contribution in [3.05, 3.63) is 0 Å². The molecule has 5 nitrogen and oxygen atoms in total. The second-order valence-electron chi connectivity index (χ2n) is 2.79. The number of nitrogens with one attached hydrogen (secondary N) is 1. The fraction of sp³-hybridized carbons (Fsp3) is 0.875. The second-order valence-corrected chi connectivity index (χ2v) is 2.79. The number of hydrogen-bond donors (Lipinski definition) is 2. The average molecular weight is 190 g/mol. The first-order valence-electron chi connectivity index (χ1n) is 4.33. The fourth-order valence-electron chi connectivity index (χ4n) is 0.729. The summed E-state index contributed by atoms with van der Waals surface area (Å²) in [5.41, 5.74) is 7.63. The second kappa shape index (κ2) is 7.97. The zero-order valence-corrected chi connectivity index (χ0v) is 8.21. The van der Waals surface area contributed by atoms with E-state index in [1.165, 1.54) is 0 Å². The summed E-state index contributed by atoms with van der Waals surface area (Å²) in [5, 5.41) is 0. The van der Waals surface area contributed by atoms with Crippen LogP contribution >= 0.6 is 0 Å². The number of carbonyl (C=O) groups is 1. The molecule has 13 heavy (non-hydrogen) atoms. The summed E-state index contributed by atoms with van der Waals surface area (Å²) in [5.74, 6) is -0.242. The smallest absolute Gasteiger partial charge is 0.246 e. The molecule has 0 bridgehead atoms. The summed E-state index contributed by atoms with van der Waals surface area (Å²) < 4.78 is 4.74. The number of hydroxylamine groups is 1. The van der Waals surface area contributed by atoms with E-state index in [2.05, 4.69) is 5.48 Å². The van der Waals surface area contributed by atoms with E-state index in [1.807, 2.05) is 6.92 Å². The summed E-state index contributed by atoms with van der Waals surface area (Å²) in [6.07, 6.45) is 0.666. The van der Waals surface area contributed by atoms with Gasteiger partial charge in [0.05, 0.1) is 13.2 Å². The summed E-state index contributed by atoms with van der Waals surface area (Å²) >= 11 is 0. The molecule has 0 spiro atoms. The van der Waals surface area contributed by atoms with Crippen LogP contribution < -0.4 is 11.2 Å². The van der Waals surface area contributed by atoms with Gasteiger partial charge in [-0.2, -0.15) is 0 Å². The molecule has 0 aromatic heterocycles. The monoisotopic (exact) mass is 190 g/mol. The topological polar surface area (TPSA) is 73.6 Å². The minimum atomic E-state index is -0.137. The first kappa shape index (κ1) is 12.3. The number of carbonyl (C=O) groups excluding carboxylic acids is 1. The molecule has 1 unspecified atom stereocenters. The number of nitrogens with two attached hydrogens (primary N) is 1. The Morgan fingerprint density at radius 2 is 2.23 bits per heavy atom. The Morgan fingerprint density at radius 1 is 1.54 bits per heavy atom. The fourth-order valence-corrected chi connectivity index (χ4v) is 0.729. The van der Waals surface area contributed by atoms with Gasteiger partial charge in [0, 0.05) is 13.0 Å². The zero-order valence-electron chi connectivity index (χ0n) is 8.21. The molecule has 0 radical (unpaired) electrons. The van der Waals surface area contributed by atoms with E-state index in [9.17, 15) is 4.79 Å². The van der Waals surface area contributed by atoms with Crippen LogP contribution in [-0.4, -0.2) is 32.8 Å². The lowest BCUT2D eigenvalue weighted by Crippen LogP contribution is -2.31. The van der Waals surface area contributed by atoms with Crippen LogP contribution in [0.5, 0.6) is 0 Å². The Labute approximate surface area is 78.5 Å². The molecule has 0 aromatic carbocycles. The highest BCUT2D eigenvalue weighted by Crippen LogP contribution is 1.98. The number of rotatable bonds is 7. The molecule has 0 heterocycles. The third-order valence-electron chi connectivity index (χ3n) is 1.61. The maximum absolute atomic E-state index is 11.2. The van der Waals surface area contributed by atoms with Crippen LogP contribution in [0.4, 0.5) is 0 Å². The van der Waals surface area contributed by atoms with Crippen LogP contribution in [0, 0.1) is 5.92 Å². The first-order valence-corrected chi connectivity index (χ1v) is 4.33. The lowest BCUT2D eigenvalue weighted by atomic mass is 10.1. The molecule has 0 fully saturated rings. The van der Waals surface area contributed by atoms with Gasteiger partial charge in [0.2, 0.25) is 5.91 Å². The third-order valence-corrected chi connectivity index (χ3v) is 1.61. The quantitative estimate of drug-likeness (QED) is 0.425. The van der Waals surface area contributed by atoms with Crippen molar-refractivity contribution in [3.8, 4) is 0 Å². The molecule has 0 aromatic rings. The van der Waals surface area contributed by atoms with Crippen LogP contribution in [0.2, 0.25) is 0 Å². The van der Waals surface area contributed by atoms with Crippen molar-refractivity contribution in [1.29, 1.82) is 0 Å². The van der Waals surface area contributed by atoms with Crippen LogP contribution in [0.25, 0.3) is 0 Å². The van der Waals surface area contributed by atoms with Crippen molar-refractivity contribution in [2.75, 3.05) is 26.9 Å². The highest BCUT2D eigenvalue weighted by Gasteiger charge is 2.10. The lowest BCUT2D eigenvalue weighted by molar-refractivity contribution is -0.138. The molecule has 78 valence electrons. The molecule has 1 atom stereocenters. The van der Waals surface area contributed by atoms with Crippen molar-refractivity contribution in [2.24, 2.45) is 11.7 Å². The largest absolute Gasteiger partial charge is 0.382 e. The highest BCUT2D eigenvalue weighted by atomic mass is 16.7. The SMILES string of the molecule is COCCONC(=O)C(C)CCN. The number of methoxy groups -OCH3 is 1. The van der Waals surface area contributed by atoms with Gasteiger partial charge in [0.15, 0.2) is 0 Å². The first-order chi connectivity index (χ1) is 6.22. The van der Waals surface area contributed by atoms with Gasteiger partial charge in [0.25, 0.3) is 0 Å². The molecular weight excluding hydrogens is 172 g/mol. The highest BCUT2D eigenvalue weighted by molar-refractivity contribution is 5.77. The van der Waals surface area contributed by atoms with E-state index in [-0.39, 0.29) is 11.8 Å². The molecular formula is C8H18N2O3. The van der Waals surface area contributed by atoms with E-state index < -0.39 is 0 Å². The van der Waals surface area contributed by atoms with Gasteiger partial charge in [-0.25, -0.2) is 5.48 Å². The molecule has 1 amide bonds. The molecule has 3 N–H and O–H groups in total. The van der Waals surface area contributed by atoms with Crippen LogP contribution in [-0.2, 0) is 14.4 Å². The average Bonchev–Trinajstić information content (AvgIpc) is 2.12. The van der Waals surface area contributed by atoms with Crippen molar-refractivity contribution < 1.29 is 14.4 Å². The number of hydrogen-bond acceptors (Lipinski definition) is 4. The summed E-state index contributed by atoms with van der Waals surface area (Å²) in [6.45, 7) is 3.14. The Kier molecular flexibility index (Phi) is 7.57. The van der Waals surface area contributed by atoms with Gasteiger partial charge in [-0.05, 0) is 13.0 Å². The van der Waals surface area contributed by atoms with Gasteiger partial charge < -0.3 is 10.5 Å². The number of ether oxygens (including phenoxy) is 1. The van der Waals surface area contributed by atoms with E-state index >= 15 is 0 Å². The summed E-state index contributed by atoms with van der Waals surface area (Å²) in [6, 6.07) is 0. The predicted octanol–water partition coefficient (Wildman–Crippen LogP) is -0.334. The van der Waals surface area contributed by atoms with Crippen molar-refractivity contribution >= 4 is 5.91 Å². The molecule has 0 aliphatic rings. The van der Waals surface area contributed by atoms with E-state index in [0.717, 1.165) is 0 Å². The summed E-state index contributed by atoms with van der Waals surface area (Å²) in [4.78, 5) is 16.0. The minimum absolute atomic E-state index is 0.104. The molecule has 0 saturated carbocycles. The zero-order chi connectivity index (χ0) is 10.1. The number of amides is 1. The molecule has 5 heteroatoms. The van der Waals surface area contributed by atoms with Gasteiger partial charge in [0.1, 0.15) is 0 Å². The minimum Gasteiger partial charge on any atom is -0.382 e. The van der Waals surface area contributed by atoms with Crippen molar-refractivity contribution in [1.82, 2.24) is 5.48 Å². The van der Waals surface area contributed by atoms with Crippen molar-refractivity contribution in [3.63, 3.8) is 0 Å². The molecule has 0 saturated heterocycles. The van der Waals surface area contributed by atoms with Gasteiger partial charge in [-0.15, -0.1) is 0 Å². The van der Waals surface area contributed by atoms with E-state index in [0.29, 0.717) is 26.2 Å². The van der Waals surface area contributed by atoms with Gasteiger partial charge >= 0.3 is 0 Å². The van der Waals surface area contributed by atoms with Crippen molar-refractivity contribution in [2.45, 2.75) is 13.3 Å². The Balaban J connectivity index is 3.38. The van der Waals surface area contributed by atoms with Crippen LogP contribution in [0.3, 0.4) is 0 Å². The summed E-state index contributed by atoms with van der Waals surface area (Å²) in [7, 11) is 1.57. The normalized spacial score (nSPS) is 12.5. The van der Waals surface area contributed by atoms with Crippen LogP contribution in [0.1, 0.15) is 13.3 Å². The van der Waals surface area contributed by atoms with E-state index in [4.69, 9.17) is 15.3 Å². The maximum Gasteiger partial charge on any atom is 0.246 e. The third kappa shape index (κ3) is 6.51. The Hall–Kier alpha value is -0.650. The maximum atomic E-state index is 11.2. The predicted molar refractivity (Wildman–Crippen MR) is 48.8 cm³/mol. The Morgan fingerprint density at radius 3 is 2.77 bits per heavy atom. The lowest BCUT2D eigenvalue weighted by Gasteiger charge is -2.10. The molecule has 0 aliphatic heterocycles. The van der Waals surface area contributed by atoms with Gasteiger partial charge in [-0.3, -0.25) is 9.63 Å². The Bertz CT molecular complexity index is 141. The molecule has 0 rings (SSSR count). The van der Waals surface area contributed by atoms with Crippen LogP contribution in [0.15, 0.2) is 0 Å². The molecule has 0 aliphatic carbocycles. The standard InChI is InChI=1S/C8H18N2O3/c1-7(3-4-9)8(11)10-13-6-5-12-2/h7H,3-6,9H2,1-2H3,(H,10,11). The van der Waals surface area contributed by atoms with E-state index in [1.54, 1.807) is 7.11 Å².